The van der Waals surface area contributed by atoms with Gasteiger partial charge in [-0.2, -0.15) is 5.10 Å². The maximum Gasteiger partial charge on any atom is 0.336 e. The first kappa shape index (κ1) is 13.8. The van der Waals surface area contributed by atoms with E-state index in [-0.39, 0.29) is 0 Å². The van der Waals surface area contributed by atoms with Crippen molar-refractivity contribution in [3.8, 4) is 0 Å². The molecule has 19 heavy (non-hydrogen) atoms. The number of hydrogen-bond donors (Lipinski definition) is 2. The van der Waals surface area contributed by atoms with Gasteiger partial charge in [-0.05, 0) is 19.9 Å². The monoisotopic (exact) mass is 279 g/mol. The SMILES string of the molecule is Cc1nn(C)c(C)c1CNCc1cc(C(=O)O)cs1. The van der Waals surface area contributed by atoms with Crippen molar-refractivity contribution in [2.45, 2.75) is 26.9 Å². The summed E-state index contributed by atoms with van der Waals surface area (Å²) in [5.41, 5.74) is 3.75. The number of thiophene rings is 1. The Morgan fingerprint density at radius 1 is 1.47 bits per heavy atom. The van der Waals surface area contributed by atoms with Crippen LogP contribution in [0.3, 0.4) is 0 Å². The summed E-state index contributed by atoms with van der Waals surface area (Å²) >= 11 is 1.46. The lowest BCUT2D eigenvalue weighted by atomic mass is 10.2. The number of carbonyl (C=O) groups is 1. The van der Waals surface area contributed by atoms with Crippen LogP contribution in [-0.2, 0) is 20.1 Å². The van der Waals surface area contributed by atoms with E-state index in [0.717, 1.165) is 22.8 Å². The fourth-order valence-corrected chi connectivity index (χ4v) is 2.80. The van der Waals surface area contributed by atoms with Gasteiger partial charge in [-0.1, -0.05) is 0 Å². The molecule has 6 heteroatoms. The van der Waals surface area contributed by atoms with Gasteiger partial charge in [0.25, 0.3) is 0 Å². The average molecular weight is 279 g/mol. The highest BCUT2D eigenvalue weighted by atomic mass is 32.1. The molecule has 0 aliphatic carbocycles. The van der Waals surface area contributed by atoms with Crippen molar-refractivity contribution in [1.29, 1.82) is 0 Å². The highest BCUT2D eigenvalue weighted by Crippen LogP contribution is 2.15. The van der Waals surface area contributed by atoms with Crippen molar-refractivity contribution in [1.82, 2.24) is 15.1 Å². The third-order valence-corrected chi connectivity index (χ3v) is 4.10. The second-order valence-electron chi connectivity index (χ2n) is 4.48. The van der Waals surface area contributed by atoms with Crippen LogP contribution >= 0.6 is 11.3 Å². The normalized spacial score (nSPS) is 10.9. The molecule has 0 saturated carbocycles. The van der Waals surface area contributed by atoms with Gasteiger partial charge < -0.3 is 10.4 Å². The molecule has 0 aliphatic rings. The predicted molar refractivity (Wildman–Crippen MR) is 74.5 cm³/mol. The molecule has 5 nitrogen and oxygen atoms in total. The molecule has 0 atom stereocenters. The van der Waals surface area contributed by atoms with Crippen LogP contribution in [0.1, 0.15) is 32.2 Å². The molecule has 0 bridgehead atoms. The van der Waals surface area contributed by atoms with E-state index in [2.05, 4.69) is 10.4 Å². The summed E-state index contributed by atoms with van der Waals surface area (Å²) in [5, 5.41) is 18.2. The fraction of sp³-hybridized carbons (Fsp3) is 0.385. The maximum absolute atomic E-state index is 10.8. The maximum atomic E-state index is 10.8. The molecule has 0 aliphatic heterocycles. The standard InChI is InChI=1S/C13H17N3O2S/c1-8-12(9(2)16(3)15-8)6-14-5-11-4-10(7-19-11)13(17)18/h4,7,14H,5-6H2,1-3H3,(H,17,18). The van der Waals surface area contributed by atoms with Crippen molar-refractivity contribution in [3.63, 3.8) is 0 Å². The summed E-state index contributed by atoms with van der Waals surface area (Å²) in [5.74, 6) is -0.874. The molecule has 0 amide bonds. The minimum absolute atomic E-state index is 0.357. The zero-order chi connectivity index (χ0) is 14.0. The Morgan fingerprint density at radius 2 is 2.21 bits per heavy atom. The van der Waals surface area contributed by atoms with Gasteiger partial charge in [0, 0.05) is 41.7 Å². The molecular weight excluding hydrogens is 262 g/mol. The summed E-state index contributed by atoms with van der Waals surface area (Å²) < 4.78 is 1.88. The van der Waals surface area contributed by atoms with Crippen molar-refractivity contribution in [3.05, 3.63) is 38.8 Å². The van der Waals surface area contributed by atoms with Gasteiger partial charge in [0.1, 0.15) is 0 Å². The molecular formula is C13H17N3O2S. The second kappa shape index (κ2) is 5.54. The number of rotatable bonds is 5. The smallest absolute Gasteiger partial charge is 0.336 e. The van der Waals surface area contributed by atoms with Crippen LogP contribution in [0.4, 0.5) is 0 Å². The van der Waals surface area contributed by atoms with Gasteiger partial charge in [-0.3, -0.25) is 4.68 Å². The van der Waals surface area contributed by atoms with E-state index < -0.39 is 5.97 Å². The van der Waals surface area contributed by atoms with Crippen LogP contribution in [-0.4, -0.2) is 20.9 Å². The van der Waals surface area contributed by atoms with Crippen LogP contribution in [0.2, 0.25) is 0 Å². The summed E-state index contributed by atoms with van der Waals surface area (Å²) in [6, 6.07) is 1.71. The molecule has 0 aromatic carbocycles. The van der Waals surface area contributed by atoms with Crippen LogP contribution < -0.4 is 5.32 Å². The number of aromatic carboxylic acids is 1. The van der Waals surface area contributed by atoms with Gasteiger partial charge in [0.2, 0.25) is 0 Å². The van der Waals surface area contributed by atoms with E-state index in [1.165, 1.54) is 16.9 Å². The zero-order valence-corrected chi connectivity index (χ0v) is 12.0. The van der Waals surface area contributed by atoms with Gasteiger partial charge in [-0.15, -0.1) is 11.3 Å². The van der Waals surface area contributed by atoms with Crippen LogP contribution in [0.5, 0.6) is 0 Å². The van der Waals surface area contributed by atoms with Crippen LogP contribution in [0, 0.1) is 13.8 Å². The van der Waals surface area contributed by atoms with Crippen molar-refractivity contribution >= 4 is 17.3 Å². The first-order chi connectivity index (χ1) is 8.99. The van der Waals surface area contributed by atoms with E-state index in [1.54, 1.807) is 11.4 Å². The Kier molecular flexibility index (Phi) is 4.01. The quantitative estimate of drug-likeness (QED) is 0.879. The number of carboxylic acid groups (broad SMARTS) is 1. The van der Waals surface area contributed by atoms with Crippen molar-refractivity contribution < 1.29 is 9.90 Å². The Balaban J connectivity index is 1.94. The van der Waals surface area contributed by atoms with Crippen LogP contribution in [0.25, 0.3) is 0 Å². The van der Waals surface area contributed by atoms with E-state index >= 15 is 0 Å². The number of hydrogen-bond acceptors (Lipinski definition) is 4. The van der Waals surface area contributed by atoms with Gasteiger partial charge in [0.15, 0.2) is 0 Å². The Bertz CT molecular complexity index is 601. The van der Waals surface area contributed by atoms with E-state index in [9.17, 15) is 4.79 Å². The number of nitrogens with zero attached hydrogens (tertiary/aromatic N) is 2. The minimum Gasteiger partial charge on any atom is -0.478 e. The molecule has 2 aromatic rings. The number of carboxylic acids is 1. The molecule has 0 saturated heterocycles. The van der Waals surface area contributed by atoms with E-state index in [0.29, 0.717) is 12.1 Å². The Hall–Kier alpha value is -1.66. The molecule has 0 radical (unpaired) electrons. The molecule has 2 aromatic heterocycles. The number of aromatic nitrogens is 2. The van der Waals surface area contributed by atoms with Crippen molar-refractivity contribution in [2.24, 2.45) is 7.05 Å². The van der Waals surface area contributed by atoms with Crippen molar-refractivity contribution in [2.75, 3.05) is 0 Å². The molecule has 102 valence electrons. The highest BCUT2D eigenvalue weighted by molar-refractivity contribution is 7.10. The molecule has 2 heterocycles. The largest absolute Gasteiger partial charge is 0.478 e. The summed E-state index contributed by atoms with van der Waals surface area (Å²) in [6.07, 6.45) is 0. The van der Waals surface area contributed by atoms with E-state index in [1.807, 2.05) is 25.6 Å². The summed E-state index contributed by atoms with van der Waals surface area (Å²) in [4.78, 5) is 11.8. The lowest BCUT2D eigenvalue weighted by Crippen LogP contribution is -2.13. The van der Waals surface area contributed by atoms with Crippen LogP contribution in [0.15, 0.2) is 11.4 Å². The lowest BCUT2D eigenvalue weighted by molar-refractivity contribution is 0.0697. The number of aryl methyl sites for hydroxylation is 2. The van der Waals surface area contributed by atoms with Gasteiger partial charge in [-0.25, -0.2) is 4.79 Å². The highest BCUT2D eigenvalue weighted by Gasteiger charge is 2.09. The first-order valence-electron chi connectivity index (χ1n) is 5.99. The molecule has 0 fully saturated rings. The average Bonchev–Trinajstić information content (AvgIpc) is 2.90. The van der Waals surface area contributed by atoms with E-state index in [4.69, 9.17) is 5.11 Å². The molecule has 0 spiro atoms. The predicted octanol–water partition coefficient (Wildman–Crippen LogP) is 2.09. The fourth-order valence-electron chi connectivity index (χ4n) is 1.97. The lowest BCUT2D eigenvalue weighted by Gasteiger charge is -2.04. The molecule has 0 unspecified atom stereocenters. The Labute approximate surface area is 115 Å². The number of nitrogens with one attached hydrogen (secondary N) is 1. The summed E-state index contributed by atoms with van der Waals surface area (Å²) in [7, 11) is 1.93. The van der Waals surface area contributed by atoms with Gasteiger partial charge >= 0.3 is 5.97 Å². The minimum atomic E-state index is -0.874. The molecule has 2 N–H and O–H groups in total. The third kappa shape index (κ3) is 3.02. The third-order valence-electron chi connectivity index (χ3n) is 3.16. The second-order valence-corrected chi connectivity index (χ2v) is 5.48. The van der Waals surface area contributed by atoms with Gasteiger partial charge in [0.05, 0.1) is 11.3 Å². The zero-order valence-electron chi connectivity index (χ0n) is 11.2. The first-order valence-corrected chi connectivity index (χ1v) is 6.87. The Morgan fingerprint density at radius 3 is 2.74 bits per heavy atom. The molecule has 2 rings (SSSR count). The summed E-state index contributed by atoms with van der Waals surface area (Å²) in [6.45, 7) is 5.46. The topological polar surface area (TPSA) is 67.2 Å².